The van der Waals surface area contributed by atoms with Crippen LogP contribution in [-0.2, 0) is 4.79 Å². The van der Waals surface area contributed by atoms with Crippen molar-refractivity contribution in [2.45, 2.75) is 25.7 Å². The van der Waals surface area contributed by atoms with Gasteiger partial charge in [-0.25, -0.2) is 5.43 Å². The molecule has 9 heteroatoms. The van der Waals surface area contributed by atoms with Gasteiger partial charge in [-0.2, -0.15) is 5.10 Å². The number of carbonyl (C=O) groups is 2. The molecule has 0 radical (unpaired) electrons. The minimum absolute atomic E-state index is 0.156. The van der Waals surface area contributed by atoms with Gasteiger partial charge in [0.15, 0.2) is 23.0 Å². The smallest absolute Gasteiger partial charge is 0.251 e. The summed E-state index contributed by atoms with van der Waals surface area (Å²) in [5.41, 5.74) is 3.82. The van der Waals surface area contributed by atoms with Gasteiger partial charge in [0.25, 0.3) is 5.91 Å². The van der Waals surface area contributed by atoms with Gasteiger partial charge in [-0.05, 0) is 54.8 Å². The summed E-state index contributed by atoms with van der Waals surface area (Å²) in [5.74, 6) is 2.11. The van der Waals surface area contributed by atoms with E-state index in [0.29, 0.717) is 47.9 Å². The Labute approximate surface area is 186 Å². The van der Waals surface area contributed by atoms with E-state index in [2.05, 4.69) is 15.8 Å². The summed E-state index contributed by atoms with van der Waals surface area (Å²) in [6.45, 7) is 0.740. The highest BCUT2D eigenvalue weighted by atomic mass is 16.7. The van der Waals surface area contributed by atoms with E-state index in [0.717, 1.165) is 18.4 Å². The molecule has 9 nitrogen and oxygen atoms in total. The lowest BCUT2D eigenvalue weighted by Gasteiger charge is -2.10. The molecule has 0 aliphatic carbocycles. The lowest BCUT2D eigenvalue weighted by atomic mass is 10.1. The highest BCUT2D eigenvalue weighted by Gasteiger charge is 2.12. The van der Waals surface area contributed by atoms with Crippen molar-refractivity contribution < 1.29 is 28.5 Å². The van der Waals surface area contributed by atoms with Gasteiger partial charge in [0.1, 0.15) is 0 Å². The number of unbranched alkanes of at least 4 members (excludes halogenated alkanes) is 2. The highest BCUT2D eigenvalue weighted by Crippen LogP contribution is 2.32. The SMILES string of the molecule is COc1ccc(C(=O)NCCCCCC(=O)N/N=C\c2ccc3c(c2)OCO3)cc1OC. The quantitative estimate of drug-likeness (QED) is 0.315. The zero-order valence-electron chi connectivity index (χ0n) is 18.2. The van der Waals surface area contributed by atoms with E-state index in [1.807, 2.05) is 6.07 Å². The van der Waals surface area contributed by atoms with Gasteiger partial charge in [-0.3, -0.25) is 9.59 Å². The van der Waals surface area contributed by atoms with E-state index < -0.39 is 0 Å². The molecule has 3 rings (SSSR count). The van der Waals surface area contributed by atoms with Gasteiger partial charge in [0.05, 0.1) is 20.4 Å². The first-order valence-corrected chi connectivity index (χ1v) is 10.3. The van der Waals surface area contributed by atoms with Crippen LogP contribution in [0.2, 0.25) is 0 Å². The molecule has 1 heterocycles. The lowest BCUT2D eigenvalue weighted by molar-refractivity contribution is -0.121. The van der Waals surface area contributed by atoms with Gasteiger partial charge >= 0.3 is 0 Å². The first-order valence-electron chi connectivity index (χ1n) is 10.3. The summed E-state index contributed by atoms with van der Waals surface area (Å²) in [5, 5.41) is 6.84. The van der Waals surface area contributed by atoms with Crippen molar-refractivity contribution in [1.29, 1.82) is 0 Å². The molecule has 0 saturated carbocycles. The molecule has 2 aromatic carbocycles. The van der Waals surface area contributed by atoms with Crippen LogP contribution in [0, 0.1) is 0 Å². The second-order valence-electron chi connectivity index (χ2n) is 7.04. The third-order valence-corrected chi connectivity index (χ3v) is 4.81. The van der Waals surface area contributed by atoms with Crippen LogP contribution in [0.25, 0.3) is 0 Å². The Morgan fingerprint density at radius 3 is 2.62 bits per heavy atom. The third-order valence-electron chi connectivity index (χ3n) is 4.81. The number of amides is 2. The Hall–Kier alpha value is -3.75. The lowest BCUT2D eigenvalue weighted by Crippen LogP contribution is -2.24. The maximum absolute atomic E-state index is 12.2. The number of fused-ring (bicyclic) bond motifs is 1. The largest absolute Gasteiger partial charge is 0.493 e. The summed E-state index contributed by atoms with van der Waals surface area (Å²) < 4.78 is 20.9. The van der Waals surface area contributed by atoms with Gasteiger partial charge < -0.3 is 24.3 Å². The molecule has 0 bridgehead atoms. The molecule has 1 aliphatic rings. The van der Waals surface area contributed by atoms with Crippen molar-refractivity contribution in [1.82, 2.24) is 10.7 Å². The molecule has 32 heavy (non-hydrogen) atoms. The van der Waals surface area contributed by atoms with Crippen LogP contribution < -0.4 is 29.7 Å². The zero-order valence-corrected chi connectivity index (χ0v) is 18.2. The van der Waals surface area contributed by atoms with E-state index in [-0.39, 0.29) is 18.6 Å². The van der Waals surface area contributed by atoms with Crippen LogP contribution in [0.15, 0.2) is 41.5 Å². The molecule has 0 saturated heterocycles. The molecular formula is C23H27N3O6. The number of hydrogen-bond donors (Lipinski definition) is 2. The number of nitrogens with one attached hydrogen (secondary N) is 2. The number of nitrogens with zero attached hydrogens (tertiary/aromatic N) is 1. The summed E-state index contributed by atoms with van der Waals surface area (Å²) in [6.07, 6.45) is 4.21. The van der Waals surface area contributed by atoms with Gasteiger partial charge in [0, 0.05) is 18.5 Å². The highest BCUT2D eigenvalue weighted by molar-refractivity contribution is 5.94. The van der Waals surface area contributed by atoms with E-state index >= 15 is 0 Å². The number of hydrogen-bond acceptors (Lipinski definition) is 7. The minimum Gasteiger partial charge on any atom is -0.493 e. The molecule has 2 aromatic rings. The number of rotatable bonds is 11. The standard InChI is InChI=1S/C23H27N3O6/c1-29-18-10-8-17(13-20(18)30-2)23(28)24-11-5-3-4-6-22(27)26-25-14-16-7-9-19-21(12-16)32-15-31-19/h7-10,12-14H,3-6,11,15H2,1-2H3,(H,24,28)(H,26,27)/b25-14-. The molecule has 0 fully saturated rings. The predicted octanol–water partition coefficient (Wildman–Crippen LogP) is 2.87. The second kappa shape index (κ2) is 11.6. The summed E-state index contributed by atoms with van der Waals surface area (Å²) in [6, 6.07) is 10.5. The van der Waals surface area contributed by atoms with E-state index in [1.54, 1.807) is 43.7 Å². The summed E-state index contributed by atoms with van der Waals surface area (Å²) >= 11 is 0. The van der Waals surface area contributed by atoms with Crippen molar-refractivity contribution in [3.8, 4) is 23.0 Å². The van der Waals surface area contributed by atoms with Gasteiger partial charge in [-0.1, -0.05) is 6.42 Å². The van der Waals surface area contributed by atoms with Crippen LogP contribution in [-0.4, -0.2) is 45.6 Å². The van der Waals surface area contributed by atoms with Crippen molar-refractivity contribution >= 4 is 18.0 Å². The number of carbonyl (C=O) groups excluding carboxylic acids is 2. The first kappa shape index (κ1) is 22.9. The van der Waals surface area contributed by atoms with Crippen molar-refractivity contribution in [2.75, 3.05) is 27.6 Å². The second-order valence-corrected chi connectivity index (χ2v) is 7.04. The minimum atomic E-state index is -0.179. The van der Waals surface area contributed by atoms with E-state index in [9.17, 15) is 9.59 Å². The van der Waals surface area contributed by atoms with Crippen LogP contribution >= 0.6 is 0 Å². The molecular weight excluding hydrogens is 414 g/mol. The zero-order chi connectivity index (χ0) is 22.8. The fourth-order valence-electron chi connectivity index (χ4n) is 3.10. The summed E-state index contributed by atoms with van der Waals surface area (Å²) in [7, 11) is 3.07. The third kappa shape index (κ3) is 6.37. The first-order chi connectivity index (χ1) is 15.6. The van der Waals surface area contributed by atoms with Gasteiger partial charge in [0.2, 0.25) is 12.7 Å². The Kier molecular flexibility index (Phi) is 8.30. The Morgan fingerprint density at radius 1 is 1.00 bits per heavy atom. The average Bonchev–Trinajstić information content (AvgIpc) is 3.28. The van der Waals surface area contributed by atoms with Gasteiger partial charge in [-0.15, -0.1) is 0 Å². The number of ether oxygens (including phenoxy) is 4. The molecule has 0 atom stereocenters. The number of benzene rings is 2. The van der Waals surface area contributed by atoms with E-state index in [1.165, 1.54) is 7.11 Å². The van der Waals surface area contributed by atoms with Crippen LogP contribution in [0.1, 0.15) is 41.6 Å². The molecule has 170 valence electrons. The summed E-state index contributed by atoms with van der Waals surface area (Å²) in [4.78, 5) is 24.1. The fraction of sp³-hybridized carbons (Fsp3) is 0.348. The maximum Gasteiger partial charge on any atom is 0.251 e. The average molecular weight is 441 g/mol. The predicted molar refractivity (Wildman–Crippen MR) is 119 cm³/mol. The fourth-order valence-corrected chi connectivity index (χ4v) is 3.10. The molecule has 0 unspecified atom stereocenters. The van der Waals surface area contributed by atoms with Crippen molar-refractivity contribution in [3.05, 3.63) is 47.5 Å². The Morgan fingerprint density at radius 2 is 1.81 bits per heavy atom. The molecule has 1 aliphatic heterocycles. The molecule has 0 spiro atoms. The van der Waals surface area contributed by atoms with E-state index in [4.69, 9.17) is 18.9 Å². The molecule has 2 amide bonds. The Bertz CT molecular complexity index is 976. The topological polar surface area (TPSA) is 107 Å². The Balaban J connectivity index is 1.29. The number of hydrazone groups is 1. The van der Waals surface area contributed by atoms with Crippen LogP contribution in [0.5, 0.6) is 23.0 Å². The van der Waals surface area contributed by atoms with Crippen LogP contribution in [0.3, 0.4) is 0 Å². The molecule has 2 N–H and O–H groups in total. The van der Waals surface area contributed by atoms with Crippen molar-refractivity contribution in [2.24, 2.45) is 5.10 Å². The maximum atomic E-state index is 12.2. The van der Waals surface area contributed by atoms with Crippen molar-refractivity contribution in [3.63, 3.8) is 0 Å². The number of methoxy groups -OCH3 is 2. The molecule has 0 aromatic heterocycles. The normalized spacial score (nSPS) is 11.9. The van der Waals surface area contributed by atoms with Crippen LogP contribution in [0.4, 0.5) is 0 Å². The monoisotopic (exact) mass is 441 g/mol.